The minimum absolute atomic E-state index is 0.0551. The molecule has 2 N–H and O–H groups in total. The molecule has 0 heterocycles. The first-order valence-electron chi connectivity index (χ1n) is 6.46. The zero-order valence-corrected chi connectivity index (χ0v) is 12.4. The minimum atomic E-state index is -4.25. The first-order chi connectivity index (χ1) is 9.77. The SMILES string of the molecule is CCCCCCOC(=O)c1cc(S(N)(=O)=O)cc(F)c1F. The van der Waals surface area contributed by atoms with Gasteiger partial charge in [0.2, 0.25) is 10.0 Å². The van der Waals surface area contributed by atoms with Crippen molar-refractivity contribution in [3.63, 3.8) is 0 Å². The van der Waals surface area contributed by atoms with Crippen molar-refractivity contribution in [2.75, 3.05) is 6.61 Å². The monoisotopic (exact) mass is 321 g/mol. The third kappa shape index (κ3) is 5.05. The number of sulfonamides is 1. The van der Waals surface area contributed by atoms with E-state index >= 15 is 0 Å². The Hall–Kier alpha value is -1.54. The number of halogens is 2. The van der Waals surface area contributed by atoms with Crippen molar-refractivity contribution >= 4 is 16.0 Å². The summed E-state index contributed by atoms with van der Waals surface area (Å²) in [6, 6.07) is 1.09. The number of primary sulfonamides is 1. The Labute approximate surface area is 122 Å². The van der Waals surface area contributed by atoms with Gasteiger partial charge in [-0.2, -0.15) is 0 Å². The van der Waals surface area contributed by atoms with E-state index in [0.29, 0.717) is 18.6 Å². The molecule has 1 aromatic carbocycles. The molecule has 5 nitrogen and oxygen atoms in total. The molecule has 0 fully saturated rings. The van der Waals surface area contributed by atoms with E-state index in [-0.39, 0.29) is 6.61 Å². The summed E-state index contributed by atoms with van der Waals surface area (Å²) in [5.74, 6) is -4.05. The number of carbonyl (C=O) groups excluding carboxylic acids is 1. The Morgan fingerprint density at radius 2 is 1.90 bits per heavy atom. The van der Waals surface area contributed by atoms with Gasteiger partial charge >= 0.3 is 5.97 Å². The molecule has 0 aliphatic carbocycles. The van der Waals surface area contributed by atoms with Crippen LogP contribution in [0, 0.1) is 11.6 Å². The van der Waals surface area contributed by atoms with Crippen LogP contribution < -0.4 is 5.14 Å². The van der Waals surface area contributed by atoms with Gasteiger partial charge in [0.15, 0.2) is 11.6 Å². The lowest BCUT2D eigenvalue weighted by atomic mass is 10.2. The summed E-state index contributed by atoms with van der Waals surface area (Å²) in [4.78, 5) is 11.0. The van der Waals surface area contributed by atoms with E-state index in [2.05, 4.69) is 0 Å². The standard InChI is InChI=1S/C13H17F2NO4S/c1-2-3-4-5-6-20-13(17)10-7-9(21(16,18)19)8-11(14)12(10)15/h7-8H,2-6H2,1H3,(H2,16,18,19). The second-order valence-corrected chi connectivity index (χ2v) is 6.07. The van der Waals surface area contributed by atoms with Crippen molar-refractivity contribution in [1.29, 1.82) is 0 Å². The van der Waals surface area contributed by atoms with Gasteiger partial charge < -0.3 is 4.74 Å². The van der Waals surface area contributed by atoms with Crippen molar-refractivity contribution in [2.24, 2.45) is 5.14 Å². The Kier molecular flexibility index (Phi) is 6.22. The van der Waals surface area contributed by atoms with Gasteiger partial charge in [-0.05, 0) is 18.6 Å². The number of nitrogens with two attached hydrogens (primary N) is 1. The van der Waals surface area contributed by atoms with Gasteiger partial charge in [-0.3, -0.25) is 0 Å². The molecule has 0 saturated heterocycles. The van der Waals surface area contributed by atoms with Crippen molar-refractivity contribution in [1.82, 2.24) is 0 Å². The molecule has 0 aliphatic heterocycles. The van der Waals surface area contributed by atoms with E-state index < -0.39 is 38.1 Å². The van der Waals surface area contributed by atoms with Crippen molar-refractivity contribution < 1.29 is 26.7 Å². The number of unbranched alkanes of at least 4 members (excludes halogenated alkanes) is 3. The highest BCUT2D eigenvalue weighted by atomic mass is 32.2. The third-order valence-electron chi connectivity index (χ3n) is 2.78. The molecule has 0 spiro atoms. The number of benzene rings is 1. The predicted molar refractivity (Wildman–Crippen MR) is 72.2 cm³/mol. The Morgan fingerprint density at radius 1 is 1.24 bits per heavy atom. The molecule has 118 valence electrons. The molecule has 0 aliphatic rings. The minimum Gasteiger partial charge on any atom is -0.462 e. The Balaban J connectivity index is 2.86. The molecule has 0 atom stereocenters. The van der Waals surface area contributed by atoms with Crippen LogP contribution in [0.25, 0.3) is 0 Å². The average Bonchev–Trinajstić information content (AvgIpc) is 2.40. The first kappa shape index (κ1) is 17.5. The normalized spacial score (nSPS) is 11.4. The van der Waals surface area contributed by atoms with E-state index in [4.69, 9.17) is 9.88 Å². The predicted octanol–water partition coefficient (Wildman–Crippen LogP) is 2.35. The van der Waals surface area contributed by atoms with Crippen LogP contribution >= 0.6 is 0 Å². The van der Waals surface area contributed by atoms with Crippen LogP contribution in [0.15, 0.2) is 17.0 Å². The van der Waals surface area contributed by atoms with Gasteiger partial charge in [0, 0.05) is 0 Å². The average molecular weight is 321 g/mol. The molecular formula is C13H17F2NO4S. The molecule has 0 unspecified atom stereocenters. The fraction of sp³-hybridized carbons (Fsp3) is 0.462. The molecular weight excluding hydrogens is 304 g/mol. The molecule has 8 heteroatoms. The van der Waals surface area contributed by atoms with E-state index in [1.54, 1.807) is 0 Å². The lowest BCUT2D eigenvalue weighted by Crippen LogP contribution is -2.16. The summed E-state index contributed by atoms with van der Waals surface area (Å²) in [5.41, 5.74) is -0.783. The summed E-state index contributed by atoms with van der Waals surface area (Å²) >= 11 is 0. The van der Waals surface area contributed by atoms with Crippen LogP contribution in [0.4, 0.5) is 8.78 Å². The maximum absolute atomic E-state index is 13.5. The molecule has 1 rings (SSSR count). The first-order valence-corrected chi connectivity index (χ1v) is 8.01. The molecule has 0 aromatic heterocycles. The molecule has 21 heavy (non-hydrogen) atoms. The maximum Gasteiger partial charge on any atom is 0.341 e. The van der Waals surface area contributed by atoms with Gasteiger partial charge in [-0.15, -0.1) is 0 Å². The van der Waals surface area contributed by atoms with Crippen LogP contribution in [0.1, 0.15) is 43.0 Å². The Bertz CT molecular complexity index is 617. The van der Waals surface area contributed by atoms with Crippen molar-refractivity contribution in [3.05, 3.63) is 29.3 Å². The topological polar surface area (TPSA) is 86.5 Å². The number of ether oxygens (including phenoxy) is 1. The number of hydrogen-bond donors (Lipinski definition) is 1. The van der Waals surface area contributed by atoms with Crippen LogP contribution in [0.5, 0.6) is 0 Å². The smallest absolute Gasteiger partial charge is 0.341 e. The number of rotatable bonds is 7. The zero-order valence-electron chi connectivity index (χ0n) is 11.6. The number of esters is 1. The maximum atomic E-state index is 13.5. The summed E-state index contributed by atoms with van der Waals surface area (Å²) < 4.78 is 53.9. The molecule has 0 bridgehead atoms. The van der Waals surface area contributed by atoms with Gasteiger partial charge in [0.05, 0.1) is 17.1 Å². The highest BCUT2D eigenvalue weighted by Crippen LogP contribution is 2.19. The summed E-state index contributed by atoms with van der Waals surface area (Å²) in [5, 5.41) is 4.83. The second kappa shape index (κ2) is 7.46. The lowest BCUT2D eigenvalue weighted by Gasteiger charge is -2.08. The Morgan fingerprint density at radius 3 is 2.48 bits per heavy atom. The fourth-order valence-electron chi connectivity index (χ4n) is 1.65. The molecule has 0 amide bonds. The van der Waals surface area contributed by atoms with Crippen molar-refractivity contribution in [3.8, 4) is 0 Å². The largest absolute Gasteiger partial charge is 0.462 e. The molecule has 0 radical (unpaired) electrons. The van der Waals surface area contributed by atoms with Gasteiger partial charge in [0.25, 0.3) is 0 Å². The van der Waals surface area contributed by atoms with Gasteiger partial charge in [-0.1, -0.05) is 26.2 Å². The summed E-state index contributed by atoms with van der Waals surface area (Å²) in [6.07, 6.45) is 3.42. The summed E-state index contributed by atoms with van der Waals surface area (Å²) in [6.45, 7) is 2.07. The quantitative estimate of drug-likeness (QED) is 0.617. The number of hydrogen-bond acceptors (Lipinski definition) is 4. The zero-order chi connectivity index (χ0) is 16.0. The number of carbonyl (C=O) groups is 1. The lowest BCUT2D eigenvalue weighted by molar-refractivity contribution is 0.0491. The van der Waals surface area contributed by atoms with Crippen LogP contribution in [-0.2, 0) is 14.8 Å². The van der Waals surface area contributed by atoms with Gasteiger partial charge in [-0.25, -0.2) is 27.1 Å². The van der Waals surface area contributed by atoms with Crippen LogP contribution in [-0.4, -0.2) is 21.0 Å². The second-order valence-electron chi connectivity index (χ2n) is 4.51. The van der Waals surface area contributed by atoms with Crippen molar-refractivity contribution in [2.45, 2.75) is 37.5 Å². The van der Waals surface area contributed by atoms with Gasteiger partial charge in [0.1, 0.15) is 0 Å². The summed E-state index contributed by atoms with van der Waals surface area (Å²) in [7, 11) is -4.25. The third-order valence-corrected chi connectivity index (χ3v) is 3.67. The molecule has 0 saturated carbocycles. The highest BCUT2D eigenvalue weighted by molar-refractivity contribution is 7.89. The van der Waals surface area contributed by atoms with E-state index in [9.17, 15) is 22.0 Å². The fourth-order valence-corrected chi connectivity index (χ4v) is 2.20. The van der Waals surface area contributed by atoms with E-state index in [1.807, 2.05) is 6.92 Å². The van der Waals surface area contributed by atoms with Crippen LogP contribution in [0.3, 0.4) is 0 Å². The van der Waals surface area contributed by atoms with Crippen LogP contribution in [0.2, 0.25) is 0 Å². The molecule has 1 aromatic rings. The van der Waals surface area contributed by atoms with E-state index in [1.165, 1.54) is 0 Å². The highest BCUT2D eigenvalue weighted by Gasteiger charge is 2.22. The van der Waals surface area contributed by atoms with E-state index in [0.717, 1.165) is 19.3 Å².